The SMILES string of the molecule is O=C(O)C(=O)C[C@@H]1CN[C@H]1C(=O)O. The van der Waals surface area contributed by atoms with E-state index in [1.807, 2.05) is 0 Å². The van der Waals surface area contributed by atoms with E-state index < -0.39 is 23.8 Å². The van der Waals surface area contributed by atoms with Crippen LogP contribution < -0.4 is 5.32 Å². The molecule has 1 aliphatic heterocycles. The van der Waals surface area contributed by atoms with Gasteiger partial charge in [-0.3, -0.25) is 9.59 Å². The van der Waals surface area contributed by atoms with Crippen LogP contribution in [0.15, 0.2) is 0 Å². The van der Waals surface area contributed by atoms with Gasteiger partial charge in [0.15, 0.2) is 0 Å². The number of nitrogens with one attached hydrogen (secondary N) is 1. The molecule has 1 fully saturated rings. The van der Waals surface area contributed by atoms with Crippen molar-refractivity contribution in [1.82, 2.24) is 5.32 Å². The van der Waals surface area contributed by atoms with Gasteiger partial charge in [-0.25, -0.2) is 4.79 Å². The van der Waals surface area contributed by atoms with Crippen LogP contribution >= 0.6 is 0 Å². The molecule has 0 amide bonds. The second-order valence-electron chi connectivity index (χ2n) is 2.92. The number of carbonyl (C=O) groups is 3. The molecule has 0 unspecified atom stereocenters. The molecule has 6 heteroatoms. The highest BCUT2D eigenvalue weighted by Crippen LogP contribution is 2.17. The third-order valence-electron chi connectivity index (χ3n) is 2.02. The van der Waals surface area contributed by atoms with Crippen molar-refractivity contribution in [3.63, 3.8) is 0 Å². The minimum Gasteiger partial charge on any atom is -0.480 e. The number of carbonyl (C=O) groups excluding carboxylic acids is 1. The Balaban J connectivity index is 2.43. The quantitative estimate of drug-likeness (QED) is 0.473. The fourth-order valence-electron chi connectivity index (χ4n) is 1.21. The number of Topliss-reactive ketones (excluding diaryl/α,β-unsaturated/α-hetero) is 1. The first-order chi connectivity index (χ1) is 6.02. The first-order valence-corrected chi connectivity index (χ1v) is 3.74. The van der Waals surface area contributed by atoms with Crippen LogP contribution in [0.3, 0.4) is 0 Å². The number of hydrogen-bond donors (Lipinski definition) is 3. The maximum atomic E-state index is 10.7. The lowest BCUT2D eigenvalue weighted by molar-refractivity contribution is -0.151. The summed E-state index contributed by atoms with van der Waals surface area (Å²) < 4.78 is 0. The Hall–Kier alpha value is -1.43. The van der Waals surface area contributed by atoms with Gasteiger partial charge in [-0.2, -0.15) is 0 Å². The molecule has 2 atom stereocenters. The highest BCUT2D eigenvalue weighted by Gasteiger charge is 2.38. The number of aliphatic carboxylic acids is 2. The summed E-state index contributed by atoms with van der Waals surface area (Å²) in [6.07, 6.45) is -0.209. The molecule has 3 N–H and O–H groups in total. The van der Waals surface area contributed by atoms with E-state index in [0.717, 1.165) is 0 Å². The first-order valence-electron chi connectivity index (χ1n) is 3.74. The Morgan fingerprint density at radius 2 is 1.92 bits per heavy atom. The topological polar surface area (TPSA) is 104 Å². The Morgan fingerprint density at radius 3 is 2.23 bits per heavy atom. The number of ketones is 1. The maximum absolute atomic E-state index is 10.7. The van der Waals surface area contributed by atoms with Crippen LogP contribution in [0.4, 0.5) is 0 Å². The molecular weight excluding hydrogens is 178 g/mol. The smallest absolute Gasteiger partial charge is 0.372 e. The molecule has 1 aliphatic rings. The Labute approximate surface area is 73.5 Å². The minimum atomic E-state index is -1.50. The van der Waals surface area contributed by atoms with Crippen molar-refractivity contribution in [3.8, 4) is 0 Å². The van der Waals surface area contributed by atoms with Gasteiger partial charge in [0.05, 0.1) is 0 Å². The molecule has 0 aromatic heterocycles. The molecule has 1 heterocycles. The molecule has 1 rings (SSSR count). The van der Waals surface area contributed by atoms with Crippen LogP contribution in [0.5, 0.6) is 0 Å². The summed E-state index contributed by atoms with van der Waals surface area (Å²) >= 11 is 0. The average Bonchev–Trinajstić information content (AvgIpc) is 1.95. The van der Waals surface area contributed by atoms with Gasteiger partial charge in [0.1, 0.15) is 6.04 Å². The maximum Gasteiger partial charge on any atom is 0.372 e. The lowest BCUT2D eigenvalue weighted by Crippen LogP contribution is -2.58. The van der Waals surface area contributed by atoms with Crippen LogP contribution in [0, 0.1) is 5.92 Å². The van der Waals surface area contributed by atoms with Crippen LogP contribution in [0.1, 0.15) is 6.42 Å². The number of carboxylic acids is 2. The molecule has 0 aliphatic carbocycles. The van der Waals surface area contributed by atoms with Crippen molar-refractivity contribution in [3.05, 3.63) is 0 Å². The predicted molar refractivity (Wildman–Crippen MR) is 40.2 cm³/mol. The van der Waals surface area contributed by atoms with Gasteiger partial charge in [-0.05, 0) is 0 Å². The summed E-state index contributed by atoms with van der Waals surface area (Å²) in [6.45, 7) is 0.385. The van der Waals surface area contributed by atoms with Crippen molar-refractivity contribution in [2.24, 2.45) is 5.92 Å². The molecule has 0 aromatic rings. The van der Waals surface area contributed by atoms with E-state index in [0.29, 0.717) is 6.54 Å². The first kappa shape index (κ1) is 9.66. The molecular formula is C7H9NO5. The third kappa shape index (κ3) is 2.03. The zero-order valence-corrected chi connectivity index (χ0v) is 6.69. The molecule has 1 saturated heterocycles. The van der Waals surface area contributed by atoms with Gasteiger partial charge in [0, 0.05) is 18.9 Å². The van der Waals surface area contributed by atoms with Gasteiger partial charge < -0.3 is 15.5 Å². The number of hydrogen-bond acceptors (Lipinski definition) is 4. The average molecular weight is 187 g/mol. The van der Waals surface area contributed by atoms with Crippen molar-refractivity contribution < 1.29 is 24.6 Å². The van der Waals surface area contributed by atoms with Crippen LogP contribution in [0.25, 0.3) is 0 Å². The normalized spacial score (nSPS) is 26.2. The summed E-state index contributed by atoms with van der Waals surface area (Å²) in [5, 5.41) is 19.4. The predicted octanol–water partition coefficient (Wildman–Crippen LogP) is -1.30. The molecule has 72 valence electrons. The second kappa shape index (κ2) is 3.53. The van der Waals surface area contributed by atoms with Crippen molar-refractivity contribution >= 4 is 17.7 Å². The van der Waals surface area contributed by atoms with Gasteiger partial charge in [-0.15, -0.1) is 0 Å². The third-order valence-corrected chi connectivity index (χ3v) is 2.02. The van der Waals surface area contributed by atoms with Crippen LogP contribution in [0.2, 0.25) is 0 Å². The second-order valence-corrected chi connectivity index (χ2v) is 2.92. The molecule has 0 spiro atoms. The van der Waals surface area contributed by atoms with Crippen LogP contribution in [-0.4, -0.2) is 40.5 Å². The van der Waals surface area contributed by atoms with Gasteiger partial charge in [-0.1, -0.05) is 0 Å². The molecule has 13 heavy (non-hydrogen) atoms. The van der Waals surface area contributed by atoms with Crippen molar-refractivity contribution in [1.29, 1.82) is 0 Å². The van der Waals surface area contributed by atoms with Crippen molar-refractivity contribution in [2.75, 3.05) is 6.54 Å². The summed E-state index contributed by atoms with van der Waals surface area (Å²) in [5.74, 6) is -3.87. The van der Waals surface area contributed by atoms with E-state index >= 15 is 0 Å². The minimum absolute atomic E-state index is 0.209. The Bertz CT molecular complexity index is 262. The monoisotopic (exact) mass is 187 g/mol. The zero-order chi connectivity index (χ0) is 10.0. The van der Waals surface area contributed by atoms with E-state index in [4.69, 9.17) is 10.2 Å². The lowest BCUT2D eigenvalue weighted by atomic mass is 9.87. The van der Waals surface area contributed by atoms with Crippen LogP contribution in [-0.2, 0) is 14.4 Å². The summed E-state index contributed by atoms with van der Waals surface area (Å²) in [7, 11) is 0. The van der Waals surface area contributed by atoms with E-state index in [1.165, 1.54) is 0 Å². The Morgan fingerprint density at radius 1 is 1.31 bits per heavy atom. The largest absolute Gasteiger partial charge is 0.480 e. The van der Waals surface area contributed by atoms with E-state index in [-0.39, 0.29) is 12.3 Å². The lowest BCUT2D eigenvalue weighted by Gasteiger charge is -2.33. The standard InChI is InChI=1S/C7H9NO5/c9-4(6(10)11)1-3-2-8-5(3)7(12)13/h3,5,8H,1-2H2,(H,10,11)(H,12,13)/t3-,5-/m1/s1. The fraction of sp³-hybridized carbons (Fsp3) is 0.571. The molecule has 0 aromatic carbocycles. The Kier molecular flexibility index (Phi) is 2.62. The van der Waals surface area contributed by atoms with Gasteiger partial charge >= 0.3 is 11.9 Å². The van der Waals surface area contributed by atoms with Gasteiger partial charge in [0.25, 0.3) is 0 Å². The van der Waals surface area contributed by atoms with Gasteiger partial charge in [0.2, 0.25) is 5.78 Å². The summed E-state index contributed by atoms with van der Waals surface area (Å²) in [4.78, 5) is 31.2. The molecule has 0 saturated carbocycles. The summed E-state index contributed by atoms with van der Waals surface area (Å²) in [6, 6.07) is -0.775. The molecule has 6 nitrogen and oxygen atoms in total. The number of rotatable bonds is 4. The van der Waals surface area contributed by atoms with E-state index in [2.05, 4.69) is 5.32 Å². The molecule has 0 bridgehead atoms. The fourth-order valence-corrected chi connectivity index (χ4v) is 1.21. The van der Waals surface area contributed by atoms with E-state index in [1.54, 1.807) is 0 Å². The van der Waals surface area contributed by atoms with Crippen molar-refractivity contribution in [2.45, 2.75) is 12.5 Å². The highest BCUT2D eigenvalue weighted by molar-refractivity contribution is 6.32. The summed E-state index contributed by atoms with van der Waals surface area (Å²) in [5.41, 5.74) is 0. The highest BCUT2D eigenvalue weighted by atomic mass is 16.4. The number of carboxylic acid groups (broad SMARTS) is 2. The zero-order valence-electron chi connectivity index (χ0n) is 6.69. The van der Waals surface area contributed by atoms with E-state index in [9.17, 15) is 14.4 Å². The molecule has 0 radical (unpaired) electrons.